The Kier molecular flexibility index (Phi) is 5.86. The fourth-order valence-electron chi connectivity index (χ4n) is 2.07. The first kappa shape index (κ1) is 15.0. The Labute approximate surface area is 132 Å². The van der Waals surface area contributed by atoms with E-state index in [9.17, 15) is 0 Å². The van der Waals surface area contributed by atoms with Crippen LogP contribution in [0.4, 0.5) is 0 Å². The fraction of sp³-hybridized carbons (Fsp3) is 0.250. The highest BCUT2D eigenvalue weighted by Gasteiger charge is 2.25. The zero-order chi connectivity index (χ0) is 13.6. The van der Waals surface area contributed by atoms with E-state index in [1.54, 1.807) is 0 Å². The predicted molar refractivity (Wildman–Crippen MR) is 93.5 cm³/mol. The van der Waals surface area contributed by atoms with E-state index < -0.39 is 5.31 Å². The Morgan fingerprint density at radius 1 is 0.632 bits per heavy atom. The minimum atomic E-state index is -1.44. The van der Waals surface area contributed by atoms with Gasteiger partial charge >= 0.3 is 0 Å². The molecule has 0 aliphatic rings. The third kappa shape index (κ3) is 5.63. The van der Waals surface area contributed by atoms with Crippen LogP contribution in [-0.4, -0.2) is 5.31 Å². The number of aryl methyl sites for hydroxylation is 2. The predicted octanol–water partition coefficient (Wildman–Crippen LogP) is 5.70. The van der Waals surface area contributed by atoms with Gasteiger partial charge in [0.05, 0.1) is 0 Å². The van der Waals surface area contributed by atoms with Crippen molar-refractivity contribution in [3.05, 3.63) is 71.8 Å². The summed E-state index contributed by atoms with van der Waals surface area (Å²) >= 11 is 7.91. The molecule has 0 N–H and O–H groups in total. The van der Waals surface area contributed by atoms with Gasteiger partial charge in [0.25, 0.3) is 0 Å². The van der Waals surface area contributed by atoms with Crippen LogP contribution < -0.4 is 0 Å². The van der Waals surface area contributed by atoms with Crippen LogP contribution in [0.5, 0.6) is 0 Å². The highest BCUT2D eigenvalue weighted by Crippen LogP contribution is 2.32. The molecule has 0 amide bonds. The number of benzene rings is 2. The second kappa shape index (κ2) is 7.41. The van der Waals surface area contributed by atoms with Crippen LogP contribution in [0.25, 0.3) is 0 Å². The normalized spacial score (nSPS) is 11.5. The van der Waals surface area contributed by atoms with E-state index in [4.69, 9.17) is 0 Å². The van der Waals surface area contributed by atoms with E-state index in [1.165, 1.54) is 23.2 Å². The highest BCUT2D eigenvalue weighted by molar-refractivity contribution is 9.51. The molecule has 19 heavy (non-hydrogen) atoms. The van der Waals surface area contributed by atoms with E-state index >= 15 is 0 Å². The summed E-state index contributed by atoms with van der Waals surface area (Å²) in [4.78, 5) is 0. The summed E-state index contributed by atoms with van der Waals surface area (Å²) in [7, 11) is 0. The van der Waals surface area contributed by atoms with E-state index in [-0.39, 0.29) is 0 Å². The minimum Gasteiger partial charge on any atom is -0.111 e. The second-order valence-corrected chi connectivity index (χ2v) is 19.8. The average molecular weight is 398 g/mol. The summed E-state index contributed by atoms with van der Waals surface area (Å²) in [6.07, 6.45) is 2.30. The monoisotopic (exact) mass is 396 g/mol. The third-order valence-electron chi connectivity index (χ3n) is 3.24. The molecule has 0 nitrogen and oxygen atoms in total. The van der Waals surface area contributed by atoms with Gasteiger partial charge in [-0.25, -0.2) is 0 Å². The molecule has 2 aromatic carbocycles. The quantitative estimate of drug-likeness (QED) is 0.432. The van der Waals surface area contributed by atoms with Gasteiger partial charge in [-0.15, -0.1) is 30.6 Å². The number of hydrogen-bond donors (Lipinski definition) is 0. The van der Waals surface area contributed by atoms with Gasteiger partial charge in [-0.05, 0) is 36.1 Å². The maximum Gasteiger partial charge on any atom is 0.201 e. The van der Waals surface area contributed by atoms with Crippen LogP contribution in [0.1, 0.15) is 11.1 Å². The van der Waals surface area contributed by atoms with Gasteiger partial charge in [-0.3, -0.25) is 0 Å². The molecule has 2 aromatic rings. The molecule has 0 aromatic heterocycles. The summed E-state index contributed by atoms with van der Waals surface area (Å²) in [6.45, 7) is 0. The summed E-state index contributed by atoms with van der Waals surface area (Å²) in [5.74, 6) is 0. The van der Waals surface area contributed by atoms with Gasteiger partial charge in [0, 0.05) is 0 Å². The van der Waals surface area contributed by atoms with Gasteiger partial charge < -0.3 is 0 Å². The van der Waals surface area contributed by atoms with Gasteiger partial charge in [0.2, 0.25) is 5.31 Å². The lowest BCUT2D eigenvalue weighted by Crippen LogP contribution is -2.18. The van der Waals surface area contributed by atoms with Crippen molar-refractivity contribution in [2.75, 3.05) is 0 Å². The maximum atomic E-state index is 3.95. The van der Waals surface area contributed by atoms with Crippen molar-refractivity contribution in [1.29, 1.82) is 0 Å². The fourth-order valence-corrected chi connectivity index (χ4v) is 6.01. The molecule has 0 saturated heterocycles. The lowest BCUT2D eigenvalue weighted by atomic mass is 10.2. The average Bonchev–Trinajstić information content (AvgIpc) is 2.46. The molecule has 0 spiro atoms. The van der Waals surface area contributed by atoms with E-state index in [0.29, 0.717) is 0 Å². The lowest BCUT2D eigenvalue weighted by molar-refractivity contribution is 1.07. The smallest absolute Gasteiger partial charge is 0.111 e. The van der Waals surface area contributed by atoms with Crippen LogP contribution in [0, 0.1) is 0 Å². The van der Waals surface area contributed by atoms with Crippen molar-refractivity contribution < 1.29 is 0 Å². The van der Waals surface area contributed by atoms with E-state index in [1.807, 2.05) is 0 Å². The third-order valence-corrected chi connectivity index (χ3v) is 9.97. The number of rotatable bonds is 6. The van der Waals surface area contributed by atoms with Crippen molar-refractivity contribution in [3.8, 4) is 0 Å². The van der Waals surface area contributed by atoms with Crippen molar-refractivity contribution in [2.24, 2.45) is 0 Å². The molecular formula is C16H18Br2Si. The highest BCUT2D eigenvalue weighted by atomic mass is 79.9. The van der Waals surface area contributed by atoms with Gasteiger partial charge in [0.1, 0.15) is 0 Å². The van der Waals surface area contributed by atoms with Crippen molar-refractivity contribution in [1.82, 2.24) is 0 Å². The minimum absolute atomic E-state index is 1.15. The summed E-state index contributed by atoms with van der Waals surface area (Å²) in [6, 6.07) is 23.9. The first-order valence-electron chi connectivity index (χ1n) is 6.61. The van der Waals surface area contributed by atoms with Crippen LogP contribution in [0.3, 0.4) is 0 Å². The SMILES string of the molecule is Br[Si](Br)(CCc1ccccc1)CCc1ccccc1. The zero-order valence-corrected chi connectivity index (χ0v) is 15.0. The number of halogens is 2. The Hall–Kier alpha value is -0.383. The molecule has 0 unspecified atom stereocenters. The Morgan fingerprint density at radius 3 is 1.37 bits per heavy atom. The van der Waals surface area contributed by atoms with Crippen molar-refractivity contribution in [2.45, 2.75) is 24.9 Å². The molecular weight excluding hydrogens is 380 g/mol. The van der Waals surface area contributed by atoms with E-state index in [0.717, 1.165) is 12.8 Å². The summed E-state index contributed by atoms with van der Waals surface area (Å²) in [5, 5.41) is -1.44. The molecule has 0 fully saturated rings. The van der Waals surface area contributed by atoms with E-state index in [2.05, 4.69) is 91.2 Å². The molecule has 0 saturated carbocycles. The molecule has 100 valence electrons. The van der Waals surface area contributed by atoms with Gasteiger partial charge in [-0.2, -0.15) is 0 Å². The Morgan fingerprint density at radius 2 is 1.00 bits per heavy atom. The van der Waals surface area contributed by atoms with Crippen LogP contribution in [-0.2, 0) is 12.8 Å². The molecule has 3 heteroatoms. The Bertz CT molecular complexity index is 437. The second-order valence-electron chi connectivity index (χ2n) is 4.83. The molecule has 0 aliphatic heterocycles. The molecule has 0 aliphatic carbocycles. The van der Waals surface area contributed by atoms with Gasteiger partial charge in [-0.1, -0.05) is 60.7 Å². The molecule has 0 heterocycles. The first-order valence-corrected chi connectivity index (χ1v) is 13.5. The number of hydrogen-bond acceptors (Lipinski definition) is 0. The van der Waals surface area contributed by atoms with Crippen LogP contribution in [0.2, 0.25) is 12.1 Å². The van der Waals surface area contributed by atoms with Crippen LogP contribution in [0.15, 0.2) is 60.7 Å². The standard InChI is InChI=1S/C16H18Br2Si/c17-19(18,13-11-15-7-3-1-4-8-15)14-12-16-9-5-2-6-10-16/h1-10H,11-14H2. The largest absolute Gasteiger partial charge is 0.201 e. The molecule has 0 radical (unpaired) electrons. The Balaban J connectivity index is 1.82. The van der Waals surface area contributed by atoms with Crippen molar-refractivity contribution >= 4 is 35.9 Å². The van der Waals surface area contributed by atoms with Gasteiger partial charge in [0.15, 0.2) is 0 Å². The van der Waals surface area contributed by atoms with Crippen molar-refractivity contribution in [3.63, 3.8) is 0 Å². The van der Waals surface area contributed by atoms with Crippen LogP contribution >= 0.6 is 30.6 Å². The topological polar surface area (TPSA) is 0 Å². The molecule has 0 atom stereocenters. The lowest BCUT2D eigenvalue weighted by Gasteiger charge is -2.17. The summed E-state index contributed by atoms with van der Waals surface area (Å²) < 4.78 is 0. The zero-order valence-electron chi connectivity index (χ0n) is 10.9. The molecule has 0 bridgehead atoms. The summed E-state index contributed by atoms with van der Waals surface area (Å²) in [5.41, 5.74) is 2.86. The molecule has 2 rings (SSSR count). The first-order chi connectivity index (χ1) is 9.16. The maximum absolute atomic E-state index is 3.95.